The van der Waals surface area contributed by atoms with Crippen LogP contribution in [0.4, 0.5) is 5.69 Å². The normalized spacial score (nSPS) is 18.1. The van der Waals surface area contributed by atoms with Gasteiger partial charge in [-0.15, -0.1) is 0 Å². The molecular weight excluding hydrogens is 350 g/mol. The molecule has 2 amide bonds. The standard InChI is InChI=1S/C18H21N5O4/c1-4-27-17(26)11-5-7-12(8-6-11)19-16(25)13-9-14(24)20-18-21-15(10(2)3)22-23(13)18/h5-8,13,22H,4,9H2,1-3H3,(H,19,25)(H,20,21,24)/t13-/m0/s1. The van der Waals surface area contributed by atoms with Crippen molar-refractivity contribution in [2.24, 2.45) is 4.99 Å². The molecule has 2 aliphatic rings. The maximum Gasteiger partial charge on any atom is 0.338 e. The lowest BCUT2D eigenvalue weighted by Gasteiger charge is -2.32. The molecule has 0 aliphatic carbocycles. The summed E-state index contributed by atoms with van der Waals surface area (Å²) in [6.45, 7) is 5.79. The number of hydrogen-bond acceptors (Lipinski definition) is 7. The zero-order valence-corrected chi connectivity index (χ0v) is 15.3. The van der Waals surface area contributed by atoms with Crippen molar-refractivity contribution in [2.45, 2.75) is 33.2 Å². The van der Waals surface area contributed by atoms with Gasteiger partial charge in [0.05, 0.1) is 18.6 Å². The average molecular weight is 371 g/mol. The van der Waals surface area contributed by atoms with Crippen molar-refractivity contribution in [2.75, 3.05) is 11.9 Å². The molecule has 1 fully saturated rings. The Balaban J connectivity index is 1.72. The van der Waals surface area contributed by atoms with E-state index in [1.54, 1.807) is 36.2 Å². The number of hydrogen-bond donors (Lipinski definition) is 3. The molecule has 142 valence electrons. The summed E-state index contributed by atoms with van der Waals surface area (Å²) in [5, 5.41) is 6.96. The number of aliphatic imine (C=N–C) groups is 1. The van der Waals surface area contributed by atoms with Crippen LogP contribution in [0.1, 0.15) is 37.6 Å². The van der Waals surface area contributed by atoms with Gasteiger partial charge in [0.25, 0.3) is 0 Å². The van der Waals surface area contributed by atoms with Crippen molar-refractivity contribution in [3.8, 4) is 0 Å². The second-order valence-corrected chi connectivity index (χ2v) is 6.32. The number of ether oxygens (including phenoxy) is 1. The molecule has 0 saturated carbocycles. The molecule has 0 unspecified atom stereocenters. The summed E-state index contributed by atoms with van der Waals surface area (Å²) in [6.07, 6.45) is -0.00515. The fraction of sp³-hybridized carbons (Fsp3) is 0.333. The number of carbonyl (C=O) groups is 3. The molecule has 1 atom stereocenters. The molecule has 0 aromatic heterocycles. The molecule has 3 N–H and O–H groups in total. The van der Waals surface area contributed by atoms with Gasteiger partial charge in [-0.1, -0.05) is 0 Å². The number of esters is 1. The van der Waals surface area contributed by atoms with Crippen molar-refractivity contribution in [3.63, 3.8) is 0 Å². The number of benzene rings is 1. The molecule has 1 aromatic carbocycles. The number of rotatable bonds is 4. The van der Waals surface area contributed by atoms with Crippen LogP contribution in [0.15, 0.2) is 40.7 Å². The van der Waals surface area contributed by atoms with E-state index in [1.807, 2.05) is 13.8 Å². The molecule has 2 aliphatic heterocycles. The third kappa shape index (κ3) is 3.91. The third-order valence-electron chi connectivity index (χ3n) is 4.05. The minimum Gasteiger partial charge on any atom is -0.462 e. The van der Waals surface area contributed by atoms with Gasteiger partial charge in [0.15, 0.2) is 0 Å². The first-order valence-electron chi connectivity index (χ1n) is 8.59. The van der Waals surface area contributed by atoms with Gasteiger partial charge in [0, 0.05) is 5.69 Å². The van der Waals surface area contributed by atoms with E-state index in [-0.39, 0.29) is 18.2 Å². The second kappa shape index (κ2) is 7.48. The largest absolute Gasteiger partial charge is 0.462 e. The molecule has 0 spiro atoms. The predicted molar refractivity (Wildman–Crippen MR) is 98.4 cm³/mol. The fourth-order valence-electron chi connectivity index (χ4n) is 2.67. The highest BCUT2D eigenvalue weighted by Crippen LogP contribution is 2.20. The predicted octanol–water partition coefficient (Wildman–Crippen LogP) is 1.12. The van der Waals surface area contributed by atoms with Crippen LogP contribution in [0, 0.1) is 0 Å². The molecule has 1 aromatic rings. The minimum atomic E-state index is -0.751. The number of fused-ring (bicyclic) bond motifs is 1. The third-order valence-corrected chi connectivity index (χ3v) is 4.05. The molecule has 27 heavy (non-hydrogen) atoms. The summed E-state index contributed by atoms with van der Waals surface area (Å²) in [4.78, 5) is 40.6. The van der Waals surface area contributed by atoms with Crippen molar-refractivity contribution in [3.05, 3.63) is 41.2 Å². The van der Waals surface area contributed by atoms with Gasteiger partial charge < -0.3 is 10.1 Å². The average Bonchev–Trinajstić information content (AvgIpc) is 3.06. The molecule has 9 nitrogen and oxygen atoms in total. The first-order chi connectivity index (χ1) is 12.9. The lowest BCUT2D eigenvalue weighted by atomic mass is 10.1. The molecule has 2 heterocycles. The van der Waals surface area contributed by atoms with E-state index in [1.165, 1.54) is 0 Å². The van der Waals surface area contributed by atoms with Gasteiger partial charge in [-0.05, 0) is 50.6 Å². The number of nitrogens with zero attached hydrogens (tertiary/aromatic N) is 2. The lowest BCUT2D eigenvalue weighted by molar-refractivity contribution is -0.129. The van der Waals surface area contributed by atoms with E-state index in [0.717, 1.165) is 5.57 Å². The van der Waals surface area contributed by atoms with Crippen molar-refractivity contribution in [1.82, 2.24) is 15.8 Å². The van der Waals surface area contributed by atoms with Crippen LogP contribution in [0.25, 0.3) is 0 Å². The van der Waals surface area contributed by atoms with Crippen LogP contribution in [0.2, 0.25) is 0 Å². The summed E-state index contributed by atoms with van der Waals surface area (Å²) in [5.74, 6) is -0.150. The highest BCUT2D eigenvalue weighted by Gasteiger charge is 2.39. The van der Waals surface area contributed by atoms with Crippen LogP contribution in [0.3, 0.4) is 0 Å². The summed E-state index contributed by atoms with van der Waals surface area (Å²) >= 11 is 0. The van der Waals surface area contributed by atoms with E-state index in [4.69, 9.17) is 4.74 Å². The van der Waals surface area contributed by atoms with Gasteiger partial charge in [-0.3, -0.25) is 20.3 Å². The Morgan fingerprint density at radius 2 is 2.00 bits per heavy atom. The van der Waals surface area contributed by atoms with Gasteiger partial charge in [-0.25, -0.2) is 9.80 Å². The maximum atomic E-state index is 12.7. The van der Waals surface area contributed by atoms with Crippen LogP contribution < -0.4 is 16.1 Å². The Kier molecular flexibility index (Phi) is 5.11. The number of guanidine groups is 1. The van der Waals surface area contributed by atoms with Crippen LogP contribution in [-0.2, 0) is 14.3 Å². The molecular formula is C18H21N5O4. The maximum absolute atomic E-state index is 12.7. The highest BCUT2D eigenvalue weighted by atomic mass is 16.5. The number of nitrogens with one attached hydrogen (secondary N) is 3. The summed E-state index contributed by atoms with van der Waals surface area (Å²) < 4.78 is 4.93. The monoisotopic (exact) mass is 371 g/mol. The minimum absolute atomic E-state index is 0.00515. The van der Waals surface area contributed by atoms with Gasteiger partial charge in [0.2, 0.25) is 17.8 Å². The SMILES string of the molecule is CCOC(=O)c1ccc(NC(=O)[C@@H]2CC(=O)NC3=NC(=C(C)C)NN32)cc1. The van der Waals surface area contributed by atoms with E-state index in [2.05, 4.69) is 21.1 Å². The van der Waals surface area contributed by atoms with Crippen LogP contribution in [0.5, 0.6) is 0 Å². The van der Waals surface area contributed by atoms with E-state index < -0.39 is 12.0 Å². The molecule has 9 heteroatoms. The van der Waals surface area contributed by atoms with E-state index >= 15 is 0 Å². The van der Waals surface area contributed by atoms with Crippen molar-refractivity contribution >= 4 is 29.4 Å². The smallest absolute Gasteiger partial charge is 0.338 e. The van der Waals surface area contributed by atoms with E-state index in [0.29, 0.717) is 29.6 Å². The summed E-state index contributed by atoms with van der Waals surface area (Å²) in [5.41, 5.74) is 4.88. The Hall–Kier alpha value is -3.36. The van der Waals surface area contributed by atoms with Gasteiger partial charge in [-0.2, -0.15) is 4.99 Å². The van der Waals surface area contributed by atoms with Crippen LogP contribution in [-0.4, -0.2) is 41.4 Å². The lowest BCUT2D eigenvalue weighted by Crippen LogP contribution is -2.61. The Labute approximate surface area is 156 Å². The Morgan fingerprint density at radius 1 is 1.30 bits per heavy atom. The first-order valence-corrected chi connectivity index (χ1v) is 8.59. The molecule has 0 radical (unpaired) electrons. The van der Waals surface area contributed by atoms with Crippen molar-refractivity contribution in [1.29, 1.82) is 0 Å². The number of carbonyl (C=O) groups excluding carboxylic acids is 3. The zero-order valence-electron chi connectivity index (χ0n) is 15.3. The summed E-state index contributed by atoms with van der Waals surface area (Å²) in [7, 11) is 0. The number of anilines is 1. The quantitative estimate of drug-likeness (QED) is 0.684. The second-order valence-electron chi connectivity index (χ2n) is 6.32. The van der Waals surface area contributed by atoms with Crippen molar-refractivity contribution < 1.29 is 19.1 Å². The van der Waals surface area contributed by atoms with Gasteiger partial charge >= 0.3 is 5.97 Å². The zero-order chi connectivity index (χ0) is 19.6. The molecule has 0 bridgehead atoms. The molecule has 1 saturated heterocycles. The fourth-order valence-corrected chi connectivity index (χ4v) is 2.67. The number of allylic oxidation sites excluding steroid dienone is 1. The number of hydrazine groups is 1. The first kappa shape index (κ1) is 18.4. The topological polar surface area (TPSA) is 112 Å². The van der Waals surface area contributed by atoms with E-state index in [9.17, 15) is 14.4 Å². The van der Waals surface area contributed by atoms with Crippen LogP contribution >= 0.6 is 0 Å². The Morgan fingerprint density at radius 3 is 2.63 bits per heavy atom. The molecule has 3 rings (SSSR count). The van der Waals surface area contributed by atoms with Gasteiger partial charge in [0.1, 0.15) is 11.9 Å². The number of amides is 2. The Bertz CT molecular complexity index is 840. The highest BCUT2D eigenvalue weighted by molar-refractivity contribution is 6.07. The summed E-state index contributed by atoms with van der Waals surface area (Å²) in [6, 6.07) is 5.62.